The van der Waals surface area contributed by atoms with Crippen LogP contribution in [0.4, 0.5) is 0 Å². The summed E-state index contributed by atoms with van der Waals surface area (Å²) in [5.74, 6) is 0.0280. The van der Waals surface area contributed by atoms with Crippen molar-refractivity contribution in [2.24, 2.45) is 0 Å². The van der Waals surface area contributed by atoms with Gasteiger partial charge in [0.1, 0.15) is 0 Å². The minimum absolute atomic E-state index is 0.148. The van der Waals surface area contributed by atoms with Crippen LogP contribution in [0.5, 0.6) is 0 Å². The maximum Gasteiger partial charge on any atom is 0.334 e. The SMILES string of the molecule is COC(=O)C(C)=C(C(=O)c1cc(C(C)C)ccc1C)c1cc(C)c2cc(C(C)C)ccc(C)c1-2. The Balaban J connectivity index is 2.36. The molecule has 34 heavy (non-hydrogen) atoms. The van der Waals surface area contributed by atoms with Crippen LogP contribution in [0.2, 0.25) is 0 Å². The van der Waals surface area contributed by atoms with E-state index in [1.54, 1.807) is 6.92 Å². The molecule has 0 bridgehead atoms. The smallest absolute Gasteiger partial charge is 0.334 e. The molecule has 2 aliphatic carbocycles. The molecule has 1 aromatic carbocycles. The molecule has 2 aliphatic rings. The van der Waals surface area contributed by atoms with E-state index in [0.29, 0.717) is 28.5 Å². The lowest BCUT2D eigenvalue weighted by Crippen LogP contribution is -2.13. The van der Waals surface area contributed by atoms with Crippen molar-refractivity contribution in [2.45, 2.75) is 67.2 Å². The highest BCUT2D eigenvalue weighted by atomic mass is 16.5. The number of esters is 1. The first-order chi connectivity index (χ1) is 16.0. The zero-order chi connectivity index (χ0) is 25.3. The predicted molar refractivity (Wildman–Crippen MR) is 141 cm³/mol. The van der Waals surface area contributed by atoms with E-state index in [-0.39, 0.29) is 5.78 Å². The van der Waals surface area contributed by atoms with Crippen LogP contribution in [0.15, 0.2) is 48.0 Å². The lowest BCUT2D eigenvalue weighted by atomic mass is 9.87. The van der Waals surface area contributed by atoms with E-state index in [1.165, 1.54) is 12.7 Å². The first-order valence-electron chi connectivity index (χ1n) is 12.0. The Kier molecular flexibility index (Phi) is 7.45. The molecule has 0 aliphatic heterocycles. The summed E-state index contributed by atoms with van der Waals surface area (Å²) in [6, 6.07) is 14.5. The zero-order valence-electron chi connectivity index (χ0n) is 21.9. The average Bonchev–Trinajstić information content (AvgIpc) is 2.98. The zero-order valence-corrected chi connectivity index (χ0v) is 21.9. The van der Waals surface area contributed by atoms with Crippen LogP contribution < -0.4 is 0 Å². The van der Waals surface area contributed by atoms with Crippen LogP contribution in [0, 0.1) is 20.8 Å². The van der Waals surface area contributed by atoms with Crippen molar-refractivity contribution in [1.82, 2.24) is 0 Å². The Hall–Kier alpha value is -3.20. The maximum absolute atomic E-state index is 14.2. The second-order valence-electron chi connectivity index (χ2n) is 9.89. The molecule has 1 aromatic rings. The number of Topliss-reactive ketones (excluding diaryl/α,β-unsaturated/α-hetero) is 1. The molecular weight excluding hydrogens is 420 g/mol. The van der Waals surface area contributed by atoms with E-state index >= 15 is 0 Å². The Morgan fingerprint density at radius 1 is 0.735 bits per heavy atom. The summed E-state index contributed by atoms with van der Waals surface area (Å²) in [6.07, 6.45) is 0. The summed E-state index contributed by atoms with van der Waals surface area (Å²) < 4.78 is 5.06. The normalized spacial score (nSPS) is 12.3. The van der Waals surface area contributed by atoms with Gasteiger partial charge in [-0.15, -0.1) is 0 Å². The summed E-state index contributed by atoms with van der Waals surface area (Å²) in [5.41, 5.74) is 9.64. The number of hydrogen-bond donors (Lipinski definition) is 0. The fourth-order valence-corrected chi connectivity index (χ4v) is 4.52. The number of methoxy groups -OCH3 is 1. The van der Waals surface area contributed by atoms with Crippen LogP contribution in [0.3, 0.4) is 0 Å². The maximum atomic E-state index is 14.2. The van der Waals surface area contributed by atoms with Crippen molar-refractivity contribution >= 4 is 17.3 Å². The summed E-state index contributed by atoms with van der Waals surface area (Å²) in [6.45, 7) is 16.3. The lowest BCUT2D eigenvalue weighted by Gasteiger charge is -2.16. The van der Waals surface area contributed by atoms with Crippen molar-refractivity contribution in [3.8, 4) is 11.1 Å². The Labute approximate surface area is 204 Å². The standard InChI is InChI=1S/C31H36O3/c1-17(2)23-13-11-20(6)28-25(15-23)21(7)14-27(28)29(22(8)31(33)34-9)30(32)26-16-24(18(3)4)12-10-19(26)5/h10-18H,1-9H3. The van der Waals surface area contributed by atoms with E-state index in [1.807, 2.05) is 25.1 Å². The number of aryl methyl sites for hydroxylation is 3. The van der Waals surface area contributed by atoms with Crippen LogP contribution >= 0.6 is 0 Å². The van der Waals surface area contributed by atoms with E-state index < -0.39 is 5.97 Å². The molecule has 0 unspecified atom stereocenters. The molecule has 0 heterocycles. The van der Waals surface area contributed by atoms with Crippen molar-refractivity contribution in [3.05, 3.63) is 87.0 Å². The minimum atomic E-state index is -0.492. The molecule has 178 valence electrons. The number of carbonyl (C=O) groups is 2. The molecule has 0 N–H and O–H groups in total. The second-order valence-corrected chi connectivity index (χ2v) is 9.89. The molecule has 0 spiro atoms. The van der Waals surface area contributed by atoms with Crippen LogP contribution in [0.25, 0.3) is 16.7 Å². The fourth-order valence-electron chi connectivity index (χ4n) is 4.52. The summed E-state index contributed by atoms with van der Waals surface area (Å²) in [4.78, 5) is 26.9. The van der Waals surface area contributed by atoms with Gasteiger partial charge in [-0.2, -0.15) is 0 Å². The van der Waals surface area contributed by atoms with Gasteiger partial charge in [0.25, 0.3) is 0 Å². The molecular formula is C31H36O3. The van der Waals surface area contributed by atoms with Gasteiger partial charge in [-0.3, -0.25) is 4.79 Å². The van der Waals surface area contributed by atoms with Crippen molar-refractivity contribution in [3.63, 3.8) is 0 Å². The fraction of sp³-hybridized carbons (Fsp3) is 0.355. The van der Waals surface area contributed by atoms with Gasteiger partial charge in [-0.05, 0) is 90.1 Å². The van der Waals surface area contributed by atoms with Gasteiger partial charge in [0.15, 0.2) is 5.78 Å². The van der Waals surface area contributed by atoms with Crippen LogP contribution in [-0.2, 0) is 9.53 Å². The molecule has 0 amide bonds. The molecule has 0 aromatic heterocycles. The number of rotatable bonds is 6. The monoisotopic (exact) mass is 456 g/mol. The van der Waals surface area contributed by atoms with Crippen LogP contribution in [0.1, 0.15) is 90.2 Å². The average molecular weight is 457 g/mol. The number of hydrogen-bond acceptors (Lipinski definition) is 3. The quantitative estimate of drug-likeness (QED) is 0.216. The van der Waals surface area contributed by atoms with Gasteiger partial charge < -0.3 is 4.74 Å². The Bertz CT molecular complexity index is 1260. The summed E-state index contributed by atoms with van der Waals surface area (Å²) >= 11 is 0. The second kappa shape index (κ2) is 9.97. The number of allylic oxidation sites excluding steroid dienone is 1. The number of benzene rings is 1. The van der Waals surface area contributed by atoms with Crippen LogP contribution in [-0.4, -0.2) is 18.9 Å². The van der Waals surface area contributed by atoms with Gasteiger partial charge in [0, 0.05) is 16.7 Å². The molecule has 0 radical (unpaired) electrons. The number of ether oxygens (including phenoxy) is 1. The molecule has 0 atom stereocenters. The van der Waals surface area contributed by atoms with Crippen molar-refractivity contribution < 1.29 is 14.3 Å². The topological polar surface area (TPSA) is 43.4 Å². The molecule has 3 rings (SSSR count). The highest BCUT2D eigenvalue weighted by Gasteiger charge is 2.28. The van der Waals surface area contributed by atoms with Gasteiger partial charge >= 0.3 is 5.97 Å². The predicted octanol–water partition coefficient (Wildman–Crippen LogP) is 7.79. The summed E-state index contributed by atoms with van der Waals surface area (Å²) in [7, 11) is 1.35. The Morgan fingerprint density at radius 2 is 1.29 bits per heavy atom. The highest BCUT2D eigenvalue weighted by molar-refractivity contribution is 6.34. The highest BCUT2D eigenvalue weighted by Crippen LogP contribution is 2.41. The molecule has 0 saturated heterocycles. The first kappa shape index (κ1) is 25.4. The largest absolute Gasteiger partial charge is 0.466 e. The van der Waals surface area contributed by atoms with Crippen molar-refractivity contribution in [2.75, 3.05) is 7.11 Å². The van der Waals surface area contributed by atoms with E-state index in [9.17, 15) is 9.59 Å². The minimum Gasteiger partial charge on any atom is -0.466 e. The van der Waals surface area contributed by atoms with E-state index in [0.717, 1.165) is 38.9 Å². The summed E-state index contributed by atoms with van der Waals surface area (Å²) in [5, 5.41) is 0. The van der Waals surface area contributed by atoms with Gasteiger partial charge in [0.2, 0.25) is 0 Å². The number of fused-ring (bicyclic) bond motifs is 1. The first-order valence-corrected chi connectivity index (χ1v) is 12.0. The molecule has 0 saturated carbocycles. The van der Waals surface area contributed by atoms with Gasteiger partial charge in [-0.1, -0.05) is 64.1 Å². The number of ketones is 1. The number of carbonyl (C=O) groups excluding carboxylic acids is 2. The molecule has 3 heteroatoms. The molecule has 0 fully saturated rings. The molecule has 3 nitrogen and oxygen atoms in total. The van der Waals surface area contributed by atoms with E-state index in [2.05, 4.69) is 65.8 Å². The van der Waals surface area contributed by atoms with Gasteiger partial charge in [-0.25, -0.2) is 4.79 Å². The third-order valence-electron chi connectivity index (χ3n) is 6.76. The third kappa shape index (κ3) is 4.70. The van der Waals surface area contributed by atoms with Gasteiger partial charge in [0.05, 0.1) is 7.11 Å². The third-order valence-corrected chi connectivity index (χ3v) is 6.76. The lowest BCUT2D eigenvalue weighted by molar-refractivity contribution is -0.135. The Morgan fingerprint density at radius 3 is 1.85 bits per heavy atom. The van der Waals surface area contributed by atoms with E-state index in [4.69, 9.17) is 4.74 Å². The van der Waals surface area contributed by atoms with Crippen molar-refractivity contribution in [1.29, 1.82) is 0 Å².